The van der Waals surface area contributed by atoms with Crippen LogP contribution in [-0.4, -0.2) is 42.3 Å². The largest absolute Gasteiger partial charge is 0.375 e. The molecule has 0 radical (unpaired) electrons. The lowest BCUT2D eigenvalue weighted by molar-refractivity contribution is -0.151. The van der Waals surface area contributed by atoms with Crippen LogP contribution in [0.1, 0.15) is 57.8 Å². The molecule has 3 aliphatic rings. The summed E-state index contributed by atoms with van der Waals surface area (Å²) in [4.78, 5) is 2.75. The van der Waals surface area contributed by atoms with Gasteiger partial charge in [0.15, 0.2) is 0 Å². The minimum absolute atomic E-state index is 0.272. The molecule has 1 aliphatic carbocycles. The summed E-state index contributed by atoms with van der Waals surface area (Å²) in [6, 6.07) is 1.37. The molecule has 3 fully saturated rings. The van der Waals surface area contributed by atoms with E-state index in [9.17, 15) is 0 Å². The van der Waals surface area contributed by atoms with Crippen molar-refractivity contribution in [2.45, 2.75) is 75.5 Å². The first-order valence-electron chi connectivity index (χ1n) is 7.93. The fraction of sp³-hybridized carbons (Fsp3) is 1.00. The molecule has 3 heteroatoms. The van der Waals surface area contributed by atoms with E-state index in [0.29, 0.717) is 6.04 Å². The van der Waals surface area contributed by atoms with Crippen molar-refractivity contribution in [2.24, 2.45) is 5.73 Å². The molecular weight excluding hydrogens is 224 g/mol. The topological polar surface area (TPSA) is 38.5 Å². The predicted molar refractivity (Wildman–Crippen MR) is 73.6 cm³/mol. The average Bonchev–Trinajstić information content (AvgIpc) is 2.62. The van der Waals surface area contributed by atoms with Crippen molar-refractivity contribution in [3.05, 3.63) is 0 Å². The monoisotopic (exact) mass is 252 g/mol. The average molecular weight is 252 g/mol. The van der Waals surface area contributed by atoms with Crippen molar-refractivity contribution >= 4 is 0 Å². The SMILES string of the molecule is NCC1CCCCCN1C1CCOC2(CCC2)C1. The van der Waals surface area contributed by atoms with E-state index in [1.165, 1.54) is 64.3 Å². The predicted octanol–water partition coefficient (Wildman–Crippen LogP) is 2.29. The zero-order chi connectivity index (χ0) is 12.4. The van der Waals surface area contributed by atoms with E-state index in [-0.39, 0.29) is 5.60 Å². The summed E-state index contributed by atoms with van der Waals surface area (Å²) in [6.45, 7) is 3.07. The Hall–Kier alpha value is -0.120. The summed E-state index contributed by atoms with van der Waals surface area (Å²) in [5, 5.41) is 0. The third-order valence-electron chi connectivity index (χ3n) is 5.40. The van der Waals surface area contributed by atoms with Crippen molar-refractivity contribution in [2.75, 3.05) is 19.7 Å². The molecule has 3 rings (SSSR count). The molecule has 2 unspecified atom stereocenters. The highest BCUT2D eigenvalue weighted by Gasteiger charge is 2.44. The van der Waals surface area contributed by atoms with Crippen LogP contribution in [-0.2, 0) is 4.74 Å². The smallest absolute Gasteiger partial charge is 0.0697 e. The number of hydrogen-bond donors (Lipinski definition) is 1. The zero-order valence-corrected chi connectivity index (χ0v) is 11.6. The molecule has 18 heavy (non-hydrogen) atoms. The van der Waals surface area contributed by atoms with Gasteiger partial charge in [0.05, 0.1) is 5.60 Å². The van der Waals surface area contributed by atoms with Crippen molar-refractivity contribution in [1.29, 1.82) is 0 Å². The molecule has 0 aromatic carbocycles. The van der Waals surface area contributed by atoms with Crippen LogP contribution in [0.25, 0.3) is 0 Å². The molecule has 3 nitrogen and oxygen atoms in total. The molecule has 0 aromatic rings. The highest BCUT2D eigenvalue weighted by Crippen LogP contribution is 2.44. The molecule has 0 amide bonds. The minimum atomic E-state index is 0.272. The normalized spacial score (nSPS) is 37.2. The van der Waals surface area contributed by atoms with E-state index in [0.717, 1.165) is 19.2 Å². The fourth-order valence-corrected chi connectivity index (χ4v) is 4.14. The molecular formula is C15H28N2O. The molecule has 0 bridgehead atoms. The van der Waals surface area contributed by atoms with Gasteiger partial charge >= 0.3 is 0 Å². The van der Waals surface area contributed by atoms with Gasteiger partial charge < -0.3 is 10.5 Å². The van der Waals surface area contributed by atoms with Crippen molar-refractivity contribution < 1.29 is 4.74 Å². The second-order valence-corrected chi connectivity index (χ2v) is 6.51. The lowest BCUT2D eigenvalue weighted by atomic mass is 9.73. The Morgan fingerprint density at radius 2 is 2.00 bits per heavy atom. The van der Waals surface area contributed by atoms with Crippen LogP contribution in [0.2, 0.25) is 0 Å². The summed E-state index contributed by atoms with van der Waals surface area (Å²) in [5.41, 5.74) is 6.28. The molecule has 104 valence electrons. The van der Waals surface area contributed by atoms with Gasteiger partial charge in [-0.3, -0.25) is 4.90 Å². The minimum Gasteiger partial charge on any atom is -0.375 e. The lowest BCUT2D eigenvalue weighted by Crippen LogP contribution is -2.55. The number of hydrogen-bond acceptors (Lipinski definition) is 3. The Kier molecular flexibility index (Phi) is 3.92. The van der Waals surface area contributed by atoms with E-state index >= 15 is 0 Å². The van der Waals surface area contributed by atoms with Gasteiger partial charge in [-0.15, -0.1) is 0 Å². The first kappa shape index (κ1) is 12.9. The number of nitrogens with zero attached hydrogens (tertiary/aromatic N) is 1. The van der Waals surface area contributed by atoms with Gasteiger partial charge in [-0.05, 0) is 51.5 Å². The summed E-state index contributed by atoms with van der Waals surface area (Å²) in [7, 11) is 0. The summed E-state index contributed by atoms with van der Waals surface area (Å²) in [6.07, 6.45) is 11.9. The Bertz CT molecular complexity index is 278. The fourth-order valence-electron chi connectivity index (χ4n) is 4.14. The van der Waals surface area contributed by atoms with Crippen molar-refractivity contribution in [3.8, 4) is 0 Å². The summed E-state index contributed by atoms with van der Waals surface area (Å²) < 4.78 is 6.06. The number of ether oxygens (including phenoxy) is 1. The number of rotatable bonds is 2. The van der Waals surface area contributed by atoms with Crippen LogP contribution >= 0.6 is 0 Å². The number of nitrogens with two attached hydrogens (primary N) is 1. The molecule has 2 heterocycles. The van der Waals surface area contributed by atoms with Crippen molar-refractivity contribution in [1.82, 2.24) is 4.90 Å². The van der Waals surface area contributed by atoms with Gasteiger partial charge in [-0.1, -0.05) is 12.8 Å². The maximum absolute atomic E-state index is 6.06. The molecule has 2 N–H and O–H groups in total. The van der Waals surface area contributed by atoms with E-state index in [2.05, 4.69) is 4.90 Å². The van der Waals surface area contributed by atoms with E-state index in [4.69, 9.17) is 10.5 Å². The van der Waals surface area contributed by atoms with Gasteiger partial charge in [0.2, 0.25) is 0 Å². The zero-order valence-electron chi connectivity index (χ0n) is 11.6. The first-order valence-corrected chi connectivity index (χ1v) is 7.93. The van der Waals surface area contributed by atoms with E-state index in [1.54, 1.807) is 0 Å². The van der Waals surface area contributed by atoms with Crippen LogP contribution < -0.4 is 5.73 Å². The van der Waals surface area contributed by atoms with Crippen LogP contribution in [0.15, 0.2) is 0 Å². The van der Waals surface area contributed by atoms with Gasteiger partial charge in [0.25, 0.3) is 0 Å². The molecule has 1 spiro atoms. The van der Waals surface area contributed by atoms with Crippen LogP contribution in [0.4, 0.5) is 0 Å². The number of likely N-dealkylation sites (tertiary alicyclic amines) is 1. The third kappa shape index (κ3) is 2.45. The Morgan fingerprint density at radius 3 is 2.72 bits per heavy atom. The maximum Gasteiger partial charge on any atom is 0.0697 e. The van der Waals surface area contributed by atoms with Gasteiger partial charge in [0.1, 0.15) is 0 Å². The van der Waals surface area contributed by atoms with E-state index < -0.39 is 0 Å². The lowest BCUT2D eigenvalue weighted by Gasteiger charge is -2.50. The maximum atomic E-state index is 6.06. The highest BCUT2D eigenvalue weighted by molar-refractivity contribution is 4.98. The Labute approximate surface area is 111 Å². The standard InChI is InChI=1S/C15H28N2O/c16-12-14-5-2-1-3-9-17(14)13-6-10-18-15(11-13)7-4-8-15/h13-14H,1-12,16H2. The third-order valence-corrected chi connectivity index (χ3v) is 5.40. The Balaban J connectivity index is 1.67. The van der Waals surface area contributed by atoms with Gasteiger partial charge in [-0.25, -0.2) is 0 Å². The van der Waals surface area contributed by atoms with Crippen molar-refractivity contribution in [3.63, 3.8) is 0 Å². The van der Waals surface area contributed by atoms with Crippen LogP contribution in [0, 0.1) is 0 Å². The van der Waals surface area contributed by atoms with Crippen LogP contribution in [0.3, 0.4) is 0 Å². The second-order valence-electron chi connectivity index (χ2n) is 6.51. The summed E-state index contributed by atoms with van der Waals surface area (Å²) >= 11 is 0. The molecule has 2 atom stereocenters. The van der Waals surface area contributed by atoms with Gasteiger partial charge in [-0.2, -0.15) is 0 Å². The first-order chi connectivity index (χ1) is 8.83. The second kappa shape index (κ2) is 5.48. The van der Waals surface area contributed by atoms with Crippen LogP contribution in [0.5, 0.6) is 0 Å². The summed E-state index contributed by atoms with van der Waals surface area (Å²) in [5.74, 6) is 0. The van der Waals surface area contributed by atoms with Gasteiger partial charge in [0, 0.05) is 25.2 Å². The van der Waals surface area contributed by atoms with E-state index in [1.807, 2.05) is 0 Å². The molecule has 0 aromatic heterocycles. The molecule has 1 saturated carbocycles. The molecule has 2 saturated heterocycles. The highest BCUT2D eigenvalue weighted by atomic mass is 16.5. The Morgan fingerprint density at radius 1 is 1.11 bits per heavy atom. The quantitative estimate of drug-likeness (QED) is 0.819. The molecule has 2 aliphatic heterocycles.